The third-order valence-electron chi connectivity index (χ3n) is 2.68. The van der Waals surface area contributed by atoms with Crippen molar-refractivity contribution in [3.63, 3.8) is 0 Å². The topological polar surface area (TPSA) is 71.6 Å². The van der Waals surface area contributed by atoms with Crippen molar-refractivity contribution in [1.29, 1.82) is 0 Å². The van der Waals surface area contributed by atoms with Gasteiger partial charge in [0, 0.05) is 39.0 Å². The number of nitrogens with zero attached hydrogens (tertiary/aromatic N) is 2. The summed E-state index contributed by atoms with van der Waals surface area (Å²) in [5, 5.41) is 9.69. The predicted molar refractivity (Wildman–Crippen MR) is 68.0 cm³/mol. The molecule has 1 aromatic heterocycles. The minimum Gasteiger partial charge on any atom is -0.389 e. The van der Waals surface area contributed by atoms with Crippen LogP contribution in [0.15, 0.2) is 12.3 Å². The lowest BCUT2D eigenvalue weighted by Gasteiger charge is -2.24. The summed E-state index contributed by atoms with van der Waals surface area (Å²) < 4.78 is 4.90. The van der Waals surface area contributed by atoms with Gasteiger partial charge < -0.3 is 20.5 Å². The number of aromatic nitrogens is 1. The number of rotatable bonds is 6. The number of aryl methyl sites for hydroxylation is 1. The molecule has 0 saturated heterocycles. The Kier molecular flexibility index (Phi) is 5.34. The summed E-state index contributed by atoms with van der Waals surface area (Å²) in [7, 11) is 3.46. The van der Waals surface area contributed by atoms with E-state index in [0.29, 0.717) is 19.7 Å². The zero-order valence-corrected chi connectivity index (χ0v) is 10.7. The SMILES string of the molecule is COCC(O)CN(C)c1nccc(C)c1CN. The first-order valence-electron chi connectivity index (χ1n) is 5.62. The first-order chi connectivity index (χ1) is 8.10. The molecule has 0 aliphatic rings. The van der Waals surface area contributed by atoms with Crippen LogP contribution in [0.5, 0.6) is 0 Å². The molecule has 1 aromatic rings. The molecule has 0 saturated carbocycles. The lowest BCUT2D eigenvalue weighted by Crippen LogP contribution is -2.33. The van der Waals surface area contributed by atoms with Gasteiger partial charge in [0.05, 0.1) is 12.7 Å². The fraction of sp³-hybridized carbons (Fsp3) is 0.583. The molecule has 0 aliphatic carbocycles. The Balaban J connectivity index is 2.81. The number of nitrogens with two attached hydrogens (primary N) is 1. The second-order valence-corrected chi connectivity index (χ2v) is 4.12. The number of pyridine rings is 1. The van der Waals surface area contributed by atoms with Crippen molar-refractivity contribution in [1.82, 2.24) is 4.98 Å². The minimum absolute atomic E-state index is 0.314. The molecular formula is C12H21N3O2. The first kappa shape index (κ1) is 13.9. The van der Waals surface area contributed by atoms with Gasteiger partial charge in [-0.1, -0.05) is 0 Å². The average Bonchev–Trinajstić information content (AvgIpc) is 2.28. The van der Waals surface area contributed by atoms with Gasteiger partial charge >= 0.3 is 0 Å². The number of anilines is 1. The van der Waals surface area contributed by atoms with Crippen LogP contribution in [0.2, 0.25) is 0 Å². The zero-order valence-electron chi connectivity index (χ0n) is 10.7. The smallest absolute Gasteiger partial charge is 0.133 e. The molecule has 1 atom stereocenters. The Hall–Kier alpha value is -1.17. The molecule has 0 aliphatic heterocycles. The van der Waals surface area contributed by atoms with E-state index < -0.39 is 6.10 Å². The summed E-state index contributed by atoms with van der Waals surface area (Å²) in [4.78, 5) is 6.22. The summed E-state index contributed by atoms with van der Waals surface area (Å²) in [6.45, 7) is 3.23. The van der Waals surface area contributed by atoms with Crippen LogP contribution in [0.4, 0.5) is 5.82 Å². The highest BCUT2D eigenvalue weighted by Gasteiger charge is 2.13. The molecule has 0 spiro atoms. The molecule has 0 fully saturated rings. The van der Waals surface area contributed by atoms with Crippen LogP contribution in [-0.4, -0.2) is 43.5 Å². The van der Waals surface area contributed by atoms with Crippen LogP contribution in [0.3, 0.4) is 0 Å². The fourth-order valence-electron chi connectivity index (χ4n) is 1.80. The number of likely N-dealkylation sites (N-methyl/N-ethyl adjacent to an activating group) is 1. The van der Waals surface area contributed by atoms with Crippen molar-refractivity contribution in [2.24, 2.45) is 5.73 Å². The van der Waals surface area contributed by atoms with E-state index >= 15 is 0 Å². The van der Waals surface area contributed by atoms with E-state index in [2.05, 4.69) is 4.98 Å². The molecule has 0 amide bonds. The molecule has 5 heteroatoms. The largest absolute Gasteiger partial charge is 0.389 e. The van der Waals surface area contributed by atoms with Gasteiger partial charge in [0.15, 0.2) is 0 Å². The molecule has 5 nitrogen and oxygen atoms in total. The summed E-state index contributed by atoms with van der Waals surface area (Å²) in [5.41, 5.74) is 7.85. The normalized spacial score (nSPS) is 12.5. The average molecular weight is 239 g/mol. The van der Waals surface area contributed by atoms with E-state index in [0.717, 1.165) is 16.9 Å². The maximum atomic E-state index is 9.69. The zero-order chi connectivity index (χ0) is 12.8. The molecule has 3 N–H and O–H groups in total. The third kappa shape index (κ3) is 3.66. The summed E-state index contributed by atoms with van der Waals surface area (Å²) in [6, 6.07) is 1.94. The van der Waals surface area contributed by atoms with Crippen molar-refractivity contribution in [2.75, 3.05) is 32.2 Å². The highest BCUT2D eigenvalue weighted by atomic mass is 16.5. The van der Waals surface area contributed by atoms with Gasteiger partial charge in [0.2, 0.25) is 0 Å². The van der Waals surface area contributed by atoms with Crippen molar-refractivity contribution in [3.8, 4) is 0 Å². The molecule has 17 heavy (non-hydrogen) atoms. The minimum atomic E-state index is -0.530. The van der Waals surface area contributed by atoms with Crippen LogP contribution in [0.25, 0.3) is 0 Å². The number of hydrogen-bond acceptors (Lipinski definition) is 5. The highest BCUT2D eigenvalue weighted by molar-refractivity contribution is 5.49. The second kappa shape index (κ2) is 6.54. The van der Waals surface area contributed by atoms with Crippen molar-refractivity contribution in [3.05, 3.63) is 23.4 Å². The van der Waals surface area contributed by atoms with Crippen molar-refractivity contribution >= 4 is 5.82 Å². The lowest BCUT2D eigenvalue weighted by atomic mass is 10.1. The Bertz CT molecular complexity index is 358. The Morgan fingerprint density at radius 3 is 2.88 bits per heavy atom. The Labute approximate surface area is 102 Å². The lowest BCUT2D eigenvalue weighted by molar-refractivity contribution is 0.0694. The summed E-state index contributed by atoms with van der Waals surface area (Å²) >= 11 is 0. The van der Waals surface area contributed by atoms with E-state index in [-0.39, 0.29) is 0 Å². The van der Waals surface area contributed by atoms with E-state index in [1.807, 2.05) is 24.9 Å². The van der Waals surface area contributed by atoms with Gasteiger partial charge in [-0.25, -0.2) is 4.98 Å². The molecule has 0 bridgehead atoms. The van der Waals surface area contributed by atoms with Crippen LogP contribution < -0.4 is 10.6 Å². The van der Waals surface area contributed by atoms with Crippen molar-refractivity contribution in [2.45, 2.75) is 19.6 Å². The quantitative estimate of drug-likeness (QED) is 0.746. The maximum absolute atomic E-state index is 9.69. The number of ether oxygens (including phenoxy) is 1. The molecule has 1 unspecified atom stereocenters. The van der Waals surface area contributed by atoms with Crippen molar-refractivity contribution < 1.29 is 9.84 Å². The number of hydrogen-bond donors (Lipinski definition) is 2. The highest BCUT2D eigenvalue weighted by Crippen LogP contribution is 2.19. The maximum Gasteiger partial charge on any atom is 0.133 e. The van der Waals surface area contributed by atoms with Gasteiger partial charge in [-0.15, -0.1) is 0 Å². The van der Waals surface area contributed by atoms with Gasteiger partial charge in [0.1, 0.15) is 5.82 Å². The van der Waals surface area contributed by atoms with Crippen LogP contribution >= 0.6 is 0 Å². The fourth-order valence-corrected chi connectivity index (χ4v) is 1.80. The van der Waals surface area contributed by atoms with Gasteiger partial charge in [-0.05, 0) is 18.6 Å². The van der Waals surface area contributed by atoms with Crippen LogP contribution in [0.1, 0.15) is 11.1 Å². The van der Waals surface area contributed by atoms with E-state index in [4.69, 9.17) is 10.5 Å². The van der Waals surface area contributed by atoms with Crippen LogP contribution in [-0.2, 0) is 11.3 Å². The molecule has 1 rings (SSSR count). The molecule has 96 valence electrons. The monoisotopic (exact) mass is 239 g/mol. The summed E-state index contributed by atoms with van der Waals surface area (Å²) in [5.74, 6) is 0.822. The standard InChI is InChI=1S/C12H21N3O2/c1-9-4-5-14-12(11(9)6-13)15(2)7-10(16)8-17-3/h4-5,10,16H,6-8,13H2,1-3H3. The Morgan fingerprint density at radius 1 is 1.59 bits per heavy atom. The number of aliphatic hydroxyl groups is 1. The Morgan fingerprint density at radius 2 is 2.29 bits per heavy atom. The third-order valence-corrected chi connectivity index (χ3v) is 2.68. The van der Waals surface area contributed by atoms with E-state index in [1.165, 1.54) is 0 Å². The van der Waals surface area contributed by atoms with Gasteiger partial charge in [-0.3, -0.25) is 0 Å². The predicted octanol–water partition coefficient (Wildman–Crippen LogP) is 0.292. The van der Waals surface area contributed by atoms with E-state index in [9.17, 15) is 5.11 Å². The number of methoxy groups -OCH3 is 1. The first-order valence-corrected chi connectivity index (χ1v) is 5.62. The molecule has 0 radical (unpaired) electrons. The summed E-state index contributed by atoms with van der Waals surface area (Å²) in [6.07, 6.45) is 1.22. The molecule has 0 aromatic carbocycles. The van der Waals surface area contributed by atoms with Gasteiger partial charge in [-0.2, -0.15) is 0 Å². The molecular weight excluding hydrogens is 218 g/mol. The molecule has 1 heterocycles. The number of aliphatic hydroxyl groups excluding tert-OH is 1. The van der Waals surface area contributed by atoms with Crippen LogP contribution in [0, 0.1) is 6.92 Å². The van der Waals surface area contributed by atoms with Gasteiger partial charge in [0.25, 0.3) is 0 Å². The second-order valence-electron chi connectivity index (χ2n) is 4.12. The van der Waals surface area contributed by atoms with E-state index in [1.54, 1.807) is 13.3 Å².